The molecule has 32 heavy (non-hydrogen) atoms. The van der Waals surface area contributed by atoms with Crippen molar-refractivity contribution in [2.24, 2.45) is 0 Å². The van der Waals surface area contributed by atoms with Crippen LogP contribution in [0.4, 0.5) is 0 Å². The van der Waals surface area contributed by atoms with Gasteiger partial charge in [0.15, 0.2) is 5.78 Å². The fourth-order valence-corrected chi connectivity index (χ4v) is 4.00. The van der Waals surface area contributed by atoms with Gasteiger partial charge in [-0.05, 0) is 57.5 Å². The summed E-state index contributed by atoms with van der Waals surface area (Å²) in [7, 11) is 0. The van der Waals surface area contributed by atoms with Crippen molar-refractivity contribution in [1.82, 2.24) is 0 Å². The van der Waals surface area contributed by atoms with E-state index < -0.39 is 0 Å². The van der Waals surface area contributed by atoms with E-state index in [0.29, 0.717) is 12.0 Å². The number of rotatable bonds is 7. The molecular weight excluding hydrogens is 392 g/mol. The Morgan fingerprint density at radius 3 is 1.44 bits per heavy atom. The summed E-state index contributed by atoms with van der Waals surface area (Å²) >= 11 is 0. The number of aromatic hydroxyl groups is 1. The molecule has 0 aliphatic carbocycles. The molecule has 1 N–H and O–H groups in total. The van der Waals surface area contributed by atoms with E-state index in [4.69, 9.17) is 0 Å². The smallest absolute Gasteiger partial charge is 0.166 e. The van der Waals surface area contributed by atoms with Crippen molar-refractivity contribution < 1.29 is 9.90 Å². The molecule has 0 spiro atoms. The molecule has 0 bridgehead atoms. The Kier molecular flexibility index (Phi) is 6.51. The van der Waals surface area contributed by atoms with Crippen LogP contribution in [0.15, 0.2) is 91.0 Å². The summed E-state index contributed by atoms with van der Waals surface area (Å²) in [6.45, 7) is 4.00. The van der Waals surface area contributed by atoms with Crippen LogP contribution in [-0.4, -0.2) is 10.9 Å². The first-order valence-corrected chi connectivity index (χ1v) is 11.3. The van der Waals surface area contributed by atoms with Crippen molar-refractivity contribution in [2.45, 2.75) is 33.1 Å². The highest BCUT2D eigenvalue weighted by molar-refractivity contribution is 5.99. The second-order valence-corrected chi connectivity index (χ2v) is 8.11. The van der Waals surface area contributed by atoms with Gasteiger partial charge in [-0.25, -0.2) is 0 Å². The molecule has 0 heterocycles. The van der Waals surface area contributed by atoms with E-state index >= 15 is 0 Å². The quantitative estimate of drug-likeness (QED) is 0.308. The third-order valence-electron chi connectivity index (χ3n) is 5.88. The molecule has 0 saturated carbocycles. The van der Waals surface area contributed by atoms with E-state index in [-0.39, 0.29) is 11.5 Å². The number of phenols is 1. The summed E-state index contributed by atoms with van der Waals surface area (Å²) in [5.41, 5.74) is 8.41. The molecule has 2 heteroatoms. The van der Waals surface area contributed by atoms with Crippen LogP contribution in [0.3, 0.4) is 0 Å². The van der Waals surface area contributed by atoms with E-state index in [0.717, 1.165) is 35.1 Å². The predicted octanol–water partition coefficient (Wildman–Crippen LogP) is 7.94. The molecule has 0 aromatic heterocycles. The lowest BCUT2D eigenvalue weighted by Crippen LogP contribution is -1.96. The molecule has 0 saturated heterocycles. The minimum Gasteiger partial charge on any atom is -0.507 e. The molecule has 160 valence electrons. The van der Waals surface area contributed by atoms with Crippen LogP contribution in [0.2, 0.25) is 0 Å². The van der Waals surface area contributed by atoms with Crippen LogP contribution in [0, 0.1) is 0 Å². The lowest BCUT2D eigenvalue weighted by molar-refractivity contribution is 0.0985. The van der Waals surface area contributed by atoms with Gasteiger partial charge in [-0.1, -0.05) is 99.1 Å². The first-order chi connectivity index (χ1) is 15.6. The average Bonchev–Trinajstić information content (AvgIpc) is 2.84. The Morgan fingerprint density at radius 2 is 1.03 bits per heavy atom. The molecule has 0 aliphatic heterocycles. The van der Waals surface area contributed by atoms with E-state index in [1.807, 2.05) is 18.2 Å². The van der Waals surface area contributed by atoms with Gasteiger partial charge in [-0.15, -0.1) is 0 Å². The second-order valence-electron chi connectivity index (χ2n) is 8.11. The molecule has 0 radical (unpaired) electrons. The van der Waals surface area contributed by atoms with E-state index in [1.165, 1.54) is 16.7 Å². The average molecular weight is 421 g/mol. The molecule has 4 aromatic rings. The summed E-state index contributed by atoms with van der Waals surface area (Å²) in [5, 5.41) is 10.2. The Hall–Kier alpha value is -3.65. The second kappa shape index (κ2) is 9.65. The highest BCUT2D eigenvalue weighted by Gasteiger charge is 2.10. The predicted molar refractivity (Wildman–Crippen MR) is 133 cm³/mol. The van der Waals surface area contributed by atoms with Crippen molar-refractivity contribution in [3.05, 3.63) is 102 Å². The number of ketones is 1. The first-order valence-electron chi connectivity index (χ1n) is 11.3. The normalized spacial score (nSPS) is 10.8. The third-order valence-corrected chi connectivity index (χ3v) is 5.88. The summed E-state index contributed by atoms with van der Waals surface area (Å²) in [4.78, 5) is 11.9. The number of Topliss-reactive ketones (excluding diaryl/α,β-unsaturated/α-hetero) is 1. The van der Waals surface area contributed by atoms with Crippen LogP contribution in [-0.2, 0) is 6.42 Å². The zero-order valence-electron chi connectivity index (χ0n) is 18.6. The summed E-state index contributed by atoms with van der Waals surface area (Å²) < 4.78 is 0. The van der Waals surface area contributed by atoms with Crippen molar-refractivity contribution in [2.75, 3.05) is 0 Å². The van der Waals surface area contributed by atoms with Crippen LogP contribution in [0.1, 0.15) is 42.6 Å². The van der Waals surface area contributed by atoms with Gasteiger partial charge in [0.25, 0.3) is 0 Å². The lowest BCUT2D eigenvalue weighted by Gasteiger charge is -2.09. The Balaban J connectivity index is 1.52. The maximum atomic E-state index is 11.9. The molecular formula is C30H28O2. The number of hydrogen-bond acceptors (Lipinski definition) is 2. The monoisotopic (exact) mass is 420 g/mol. The van der Waals surface area contributed by atoms with Crippen LogP contribution in [0.5, 0.6) is 5.75 Å². The molecule has 0 unspecified atom stereocenters. The topological polar surface area (TPSA) is 37.3 Å². The Bertz CT molecular complexity index is 1200. The van der Waals surface area contributed by atoms with Crippen molar-refractivity contribution in [1.29, 1.82) is 0 Å². The standard InChI is InChI=1S/C30H28O2/c1-3-5-21-6-8-22(9-7-21)23-10-12-24(13-11-23)25-14-16-26(17-15-25)27-18-19-28(29(31)4-2)30(32)20-27/h6-20,32H,3-5H2,1-2H3. The van der Waals surface area contributed by atoms with Gasteiger partial charge >= 0.3 is 0 Å². The highest BCUT2D eigenvalue weighted by atomic mass is 16.3. The van der Waals surface area contributed by atoms with Crippen molar-refractivity contribution in [3.63, 3.8) is 0 Å². The molecule has 2 nitrogen and oxygen atoms in total. The zero-order valence-corrected chi connectivity index (χ0v) is 18.6. The largest absolute Gasteiger partial charge is 0.507 e. The summed E-state index contributed by atoms with van der Waals surface area (Å²) in [5.74, 6) is -0.0125. The summed E-state index contributed by atoms with van der Waals surface area (Å²) in [6.07, 6.45) is 2.66. The van der Waals surface area contributed by atoms with Gasteiger partial charge in [0, 0.05) is 6.42 Å². The van der Waals surface area contributed by atoms with Gasteiger partial charge in [-0.3, -0.25) is 4.79 Å². The van der Waals surface area contributed by atoms with Crippen molar-refractivity contribution in [3.8, 4) is 39.1 Å². The van der Waals surface area contributed by atoms with E-state index in [1.54, 1.807) is 19.1 Å². The van der Waals surface area contributed by atoms with Crippen molar-refractivity contribution >= 4 is 5.78 Å². The molecule has 0 atom stereocenters. The first kappa shape index (κ1) is 21.6. The van der Waals surface area contributed by atoms with E-state index in [2.05, 4.69) is 67.6 Å². The number of carbonyl (C=O) groups excluding carboxylic acids is 1. The number of hydrogen-bond donors (Lipinski definition) is 1. The minimum absolute atomic E-state index is 0.0387. The molecule has 0 fully saturated rings. The number of benzene rings is 4. The Labute approximate surface area is 190 Å². The van der Waals surface area contributed by atoms with Gasteiger partial charge in [0.05, 0.1) is 5.56 Å². The lowest BCUT2D eigenvalue weighted by atomic mass is 9.96. The Morgan fingerprint density at radius 1 is 0.625 bits per heavy atom. The van der Waals surface area contributed by atoms with Crippen LogP contribution in [0.25, 0.3) is 33.4 Å². The molecule has 4 aromatic carbocycles. The number of carbonyl (C=O) groups is 1. The third kappa shape index (κ3) is 4.65. The van der Waals surface area contributed by atoms with Crippen LogP contribution >= 0.6 is 0 Å². The fraction of sp³-hybridized carbons (Fsp3) is 0.167. The fourth-order valence-electron chi connectivity index (χ4n) is 4.00. The maximum Gasteiger partial charge on any atom is 0.166 e. The highest BCUT2D eigenvalue weighted by Crippen LogP contribution is 2.30. The minimum atomic E-state index is -0.0512. The summed E-state index contributed by atoms with van der Waals surface area (Å²) in [6, 6.07) is 31.0. The van der Waals surface area contributed by atoms with Gasteiger partial charge in [0.2, 0.25) is 0 Å². The zero-order chi connectivity index (χ0) is 22.5. The van der Waals surface area contributed by atoms with E-state index in [9.17, 15) is 9.90 Å². The molecule has 0 aliphatic rings. The van der Waals surface area contributed by atoms with Gasteiger partial charge in [-0.2, -0.15) is 0 Å². The van der Waals surface area contributed by atoms with Gasteiger partial charge < -0.3 is 5.11 Å². The maximum absolute atomic E-state index is 11.9. The number of aryl methyl sites for hydroxylation is 1. The van der Waals surface area contributed by atoms with Gasteiger partial charge in [0.1, 0.15) is 5.75 Å². The molecule has 4 rings (SSSR count). The number of phenolic OH excluding ortho intramolecular Hbond substituents is 1. The van der Waals surface area contributed by atoms with Crippen LogP contribution < -0.4 is 0 Å². The SMILES string of the molecule is CCCc1ccc(-c2ccc(-c3ccc(-c4ccc(C(=O)CC)c(O)c4)cc3)cc2)cc1. The molecule has 0 amide bonds.